The Morgan fingerprint density at radius 3 is 2.67 bits per heavy atom. The van der Waals surface area contributed by atoms with E-state index in [9.17, 15) is 13.2 Å². The first-order chi connectivity index (χ1) is 8.46. The number of unbranched alkanes of at least 4 members (excludes halogenated alkanes) is 2. The van der Waals surface area contributed by atoms with Gasteiger partial charge in [0.15, 0.2) is 0 Å². The van der Waals surface area contributed by atoms with Crippen LogP contribution < -0.4 is 5.32 Å². The smallest absolute Gasteiger partial charge is 0.238 e. The van der Waals surface area contributed by atoms with Crippen molar-refractivity contribution in [3.8, 4) is 0 Å². The molecular weight excluding hydrogens is 252 g/mol. The number of nitrogens with one attached hydrogen (secondary N) is 1. The molecule has 1 amide bonds. The van der Waals surface area contributed by atoms with Crippen molar-refractivity contribution in [3.05, 3.63) is 0 Å². The summed E-state index contributed by atoms with van der Waals surface area (Å²) in [5.41, 5.74) is 0. The van der Waals surface area contributed by atoms with E-state index in [0.29, 0.717) is 19.5 Å². The average Bonchev–Trinajstić information content (AvgIpc) is 2.33. The Morgan fingerprint density at radius 1 is 1.33 bits per heavy atom. The van der Waals surface area contributed by atoms with E-state index in [1.54, 1.807) is 0 Å². The van der Waals surface area contributed by atoms with Gasteiger partial charge in [-0.05, 0) is 19.3 Å². The topological polar surface area (TPSA) is 66.5 Å². The van der Waals surface area contributed by atoms with Gasteiger partial charge in [0.05, 0.1) is 6.26 Å². The average molecular weight is 276 g/mol. The van der Waals surface area contributed by atoms with Crippen LogP contribution in [0.5, 0.6) is 0 Å². The molecular formula is C12H24N2O3S. The highest BCUT2D eigenvalue weighted by atomic mass is 32.2. The minimum Gasteiger partial charge on any atom is -0.355 e. The van der Waals surface area contributed by atoms with Gasteiger partial charge in [-0.3, -0.25) is 4.79 Å². The minimum atomic E-state index is -3.28. The summed E-state index contributed by atoms with van der Waals surface area (Å²) in [6.07, 6.45) is 6.71. The lowest BCUT2D eigenvalue weighted by molar-refractivity contribution is -0.125. The lowest BCUT2D eigenvalue weighted by Gasteiger charge is -2.32. The van der Waals surface area contributed by atoms with Gasteiger partial charge in [-0.25, -0.2) is 8.42 Å². The Hall–Kier alpha value is -0.620. The SMILES string of the molecule is CCCCCNC(=O)C1CCCCN1S(C)(=O)=O. The number of carbonyl (C=O) groups is 1. The number of hydrogen-bond acceptors (Lipinski definition) is 3. The summed E-state index contributed by atoms with van der Waals surface area (Å²) in [7, 11) is -3.28. The first-order valence-corrected chi connectivity index (χ1v) is 8.56. The van der Waals surface area contributed by atoms with Crippen molar-refractivity contribution in [3.63, 3.8) is 0 Å². The number of hydrogen-bond donors (Lipinski definition) is 1. The number of carbonyl (C=O) groups excluding carboxylic acids is 1. The van der Waals surface area contributed by atoms with Crippen LogP contribution in [0.3, 0.4) is 0 Å². The van der Waals surface area contributed by atoms with Gasteiger partial charge in [-0.1, -0.05) is 26.2 Å². The van der Waals surface area contributed by atoms with Crippen LogP contribution in [0.2, 0.25) is 0 Å². The molecule has 1 saturated heterocycles. The summed E-state index contributed by atoms with van der Waals surface area (Å²) in [5, 5.41) is 2.84. The van der Waals surface area contributed by atoms with E-state index in [4.69, 9.17) is 0 Å². The van der Waals surface area contributed by atoms with Crippen LogP contribution in [0.1, 0.15) is 45.4 Å². The molecule has 0 radical (unpaired) electrons. The molecule has 1 atom stereocenters. The van der Waals surface area contributed by atoms with Crippen molar-refractivity contribution in [2.45, 2.75) is 51.5 Å². The molecule has 1 unspecified atom stereocenters. The fraction of sp³-hybridized carbons (Fsp3) is 0.917. The summed E-state index contributed by atoms with van der Waals surface area (Å²) < 4.78 is 24.6. The Bertz CT molecular complexity index is 368. The molecule has 1 heterocycles. The second-order valence-corrected chi connectivity index (χ2v) is 6.82. The second kappa shape index (κ2) is 7.09. The van der Waals surface area contributed by atoms with Crippen LogP contribution in [0.4, 0.5) is 0 Å². The van der Waals surface area contributed by atoms with Gasteiger partial charge in [0.1, 0.15) is 6.04 Å². The number of amides is 1. The molecule has 0 aromatic heterocycles. The summed E-state index contributed by atoms with van der Waals surface area (Å²) >= 11 is 0. The highest BCUT2D eigenvalue weighted by Crippen LogP contribution is 2.19. The maximum atomic E-state index is 12.0. The molecule has 1 aliphatic heterocycles. The molecule has 1 N–H and O–H groups in total. The van der Waals surface area contributed by atoms with Gasteiger partial charge in [0.25, 0.3) is 0 Å². The maximum absolute atomic E-state index is 12.0. The number of piperidine rings is 1. The first-order valence-electron chi connectivity index (χ1n) is 6.71. The van der Waals surface area contributed by atoms with Gasteiger partial charge < -0.3 is 5.32 Å². The van der Waals surface area contributed by atoms with Crippen molar-refractivity contribution in [1.82, 2.24) is 9.62 Å². The standard InChI is InChI=1S/C12H24N2O3S/c1-3-4-6-9-13-12(15)11-8-5-7-10-14(11)18(2,16)17/h11H,3-10H2,1-2H3,(H,13,15). The van der Waals surface area contributed by atoms with Crippen LogP contribution in [0, 0.1) is 0 Å². The molecule has 18 heavy (non-hydrogen) atoms. The highest BCUT2D eigenvalue weighted by molar-refractivity contribution is 7.88. The van der Waals surface area contributed by atoms with E-state index < -0.39 is 16.1 Å². The number of rotatable bonds is 6. The molecule has 0 aromatic rings. The molecule has 6 heteroatoms. The Morgan fingerprint density at radius 2 is 2.06 bits per heavy atom. The molecule has 1 fully saturated rings. The summed E-state index contributed by atoms with van der Waals surface area (Å²) in [6.45, 7) is 3.21. The van der Waals surface area contributed by atoms with Crippen LogP contribution in [-0.2, 0) is 14.8 Å². The van der Waals surface area contributed by atoms with Crippen LogP contribution >= 0.6 is 0 Å². The van der Waals surface area contributed by atoms with Crippen LogP contribution in [0.15, 0.2) is 0 Å². The van der Waals surface area contributed by atoms with Crippen molar-refractivity contribution in [2.24, 2.45) is 0 Å². The van der Waals surface area contributed by atoms with Crippen molar-refractivity contribution in [2.75, 3.05) is 19.3 Å². The normalized spacial score (nSPS) is 21.8. The van der Waals surface area contributed by atoms with E-state index in [-0.39, 0.29) is 5.91 Å². The summed E-state index contributed by atoms with van der Waals surface area (Å²) in [5.74, 6) is -0.142. The van der Waals surface area contributed by atoms with E-state index in [0.717, 1.165) is 32.1 Å². The molecule has 5 nitrogen and oxygen atoms in total. The number of sulfonamides is 1. The van der Waals surface area contributed by atoms with Crippen LogP contribution in [-0.4, -0.2) is 44.0 Å². The molecule has 106 valence electrons. The molecule has 0 aromatic carbocycles. The van der Waals surface area contributed by atoms with E-state index in [1.165, 1.54) is 10.6 Å². The van der Waals surface area contributed by atoms with E-state index in [2.05, 4.69) is 12.2 Å². The predicted molar refractivity (Wildman–Crippen MR) is 71.7 cm³/mol. The predicted octanol–water partition coefficient (Wildman–Crippen LogP) is 1.11. The fourth-order valence-corrected chi connectivity index (χ4v) is 3.39. The third-order valence-electron chi connectivity index (χ3n) is 3.26. The minimum absolute atomic E-state index is 0.142. The number of nitrogens with zero attached hydrogens (tertiary/aromatic N) is 1. The van der Waals surface area contributed by atoms with Gasteiger partial charge in [0.2, 0.25) is 15.9 Å². The first kappa shape index (κ1) is 15.4. The molecule has 1 rings (SSSR count). The summed E-state index contributed by atoms with van der Waals surface area (Å²) in [6, 6.07) is -0.504. The lowest BCUT2D eigenvalue weighted by Crippen LogP contribution is -2.51. The monoisotopic (exact) mass is 276 g/mol. The highest BCUT2D eigenvalue weighted by Gasteiger charge is 2.33. The van der Waals surface area contributed by atoms with Crippen molar-refractivity contribution in [1.29, 1.82) is 0 Å². The summed E-state index contributed by atoms with van der Waals surface area (Å²) in [4.78, 5) is 12.0. The second-order valence-electron chi connectivity index (χ2n) is 4.88. The molecule has 0 aliphatic carbocycles. The zero-order chi connectivity index (χ0) is 13.6. The molecule has 0 saturated carbocycles. The Balaban J connectivity index is 2.53. The van der Waals surface area contributed by atoms with Crippen molar-refractivity contribution >= 4 is 15.9 Å². The Kier molecular flexibility index (Phi) is 6.08. The van der Waals surface area contributed by atoms with Gasteiger partial charge in [-0.2, -0.15) is 4.31 Å². The van der Waals surface area contributed by atoms with Gasteiger partial charge in [0, 0.05) is 13.1 Å². The third kappa shape index (κ3) is 4.57. The van der Waals surface area contributed by atoms with Crippen LogP contribution in [0.25, 0.3) is 0 Å². The Labute approximate surface area is 110 Å². The largest absolute Gasteiger partial charge is 0.355 e. The zero-order valence-electron chi connectivity index (χ0n) is 11.3. The van der Waals surface area contributed by atoms with Gasteiger partial charge in [-0.15, -0.1) is 0 Å². The third-order valence-corrected chi connectivity index (χ3v) is 4.55. The fourth-order valence-electron chi connectivity index (χ4n) is 2.27. The maximum Gasteiger partial charge on any atom is 0.238 e. The molecule has 1 aliphatic rings. The van der Waals surface area contributed by atoms with Crippen molar-refractivity contribution < 1.29 is 13.2 Å². The molecule has 0 bridgehead atoms. The molecule has 0 spiro atoms. The lowest BCUT2D eigenvalue weighted by atomic mass is 10.0. The van der Waals surface area contributed by atoms with Gasteiger partial charge >= 0.3 is 0 Å². The van der Waals surface area contributed by atoms with E-state index in [1.807, 2.05) is 0 Å². The van der Waals surface area contributed by atoms with E-state index >= 15 is 0 Å². The quantitative estimate of drug-likeness (QED) is 0.739. The zero-order valence-corrected chi connectivity index (χ0v) is 12.1.